The lowest BCUT2D eigenvalue weighted by Crippen LogP contribution is -2.44. The Morgan fingerprint density at radius 1 is 1.26 bits per heavy atom. The summed E-state index contributed by atoms with van der Waals surface area (Å²) in [5.41, 5.74) is 0.858. The van der Waals surface area contributed by atoms with E-state index >= 15 is 0 Å². The normalized spacial score (nSPS) is 20.7. The molecule has 1 saturated carbocycles. The molecule has 124 valence electrons. The molecule has 2 unspecified atom stereocenters. The Balaban J connectivity index is 2.05. The van der Waals surface area contributed by atoms with Crippen molar-refractivity contribution in [3.8, 4) is 0 Å². The Morgan fingerprint density at radius 3 is 2.43 bits per heavy atom. The summed E-state index contributed by atoms with van der Waals surface area (Å²) >= 11 is 0. The van der Waals surface area contributed by atoms with E-state index in [0.29, 0.717) is 17.2 Å². The van der Waals surface area contributed by atoms with Gasteiger partial charge in [0.15, 0.2) is 0 Å². The van der Waals surface area contributed by atoms with E-state index in [2.05, 4.69) is 10.6 Å². The van der Waals surface area contributed by atoms with Gasteiger partial charge in [0.1, 0.15) is 6.04 Å². The van der Waals surface area contributed by atoms with Gasteiger partial charge < -0.3 is 15.7 Å². The first kappa shape index (κ1) is 17.0. The SMILES string of the molecule is CC1CC1C(=O)Nc1cccc(C(=O)N[C@H](C(=O)O)C(C)C)c1. The number of carbonyl (C=O) groups excluding carboxylic acids is 2. The number of amides is 2. The fraction of sp³-hybridized carbons (Fsp3) is 0.471. The molecule has 3 N–H and O–H groups in total. The van der Waals surface area contributed by atoms with Gasteiger partial charge >= 0.3 is 5.97 Å². The first-order valence-electron chi connectivity index (χ1n) is 7.74. The van der Waals surface area contributed by atoms with Crippen molar-refractivity contribution in [2.75, 3.05) is 5.32 Å². The summed E-state index contributed by atoms with van der Waals surface area (Å²) in [7, 11) is 0. The molecule has 0 spiro atoms. The van der Waals surface area contributed by atoms with E-state index in [0.717, 1.165) is 6.42 Å². The average molecular weight is 318 g/mol. The van der Waals surface area contributed by atoms with Crippen molar-refractivity contribution < 1.29 is 19.5 Å². The van der Waals surface area contributed by atoms with Crippen molar-refractivity contribution in [3.05, 3.63) is 29.8 Å². The summed E-state index contributed by atoms with van der Waals surface area (Å²) in [6, 6.07) is 5.56. The van der Waals surface area contributed by atoms with E-state index in [4.69, 9.17) is 5.11 Å². The number of hydrogen-bond acceptors (Lipinski definition) is 3. The quantitative estimate of drug-likeness (QED) is 0.748. The van der Waals surface area contributed by atoms with Gasteiger partial charge in [-0.25, -0.2) is 4.79 Å². The number of benzene rings is 1. The Morgan fingerprint density at radius 2 is 1.91 bits per heavy atom. The van der Waals surface area contributed by atoms with E-state index in [1.54, 1.807) is 38.1 Å². The lowest BCUT2D eigenvalue weighted by Gasteiger charge is -2.18. The summed E-state index contributed by atoms with van der Waals surface area (Å²) in [4.78, 5) is 35.3. The standard InChI is InChI=1S/C17H22N2O4/c1-9(2)14(17(22)23)19-15(20)11-5-4-6-12(8-11)18-16(21)13-7-10(13)3/h4-6,8-10,13-14H,7H2,1-3H3,(H,18,21)(H,19,20)(H,22,23)/t10?,13?,14-/m0/s1. The van der Waals surface area contributed by atoms with Crippen LogP contribution in [-0.2, 0) is 9.59 Å². The van der Waals surface area contributed by atoms with Crippen LogP contribution in [0.4, 0.5) is 5.69 Å². The fourth-order valence-corrected chi connectivity index (χ4v) is 2.40. The molecule has 0 aliphatic heterocycles. The van der Waals surface area contributed by atoms with Crippen molar-refractivity contribution in [2.24, 2.45) is 17.8 Å². The summed E-state index contributed by atoms with van der Waals surface area (Å²) in [5.74, 6) is -1.35. The largest absolute Gasteiger partial charge is 0.480 e. The molecule has 1 aliphatic rings. The van der Waals surface area contributed by atoms with E-state index in [9.17, 15) is 14.4 Å². The first-order valence-corrected chi connectivity index (χ1v) is 7.74. The zero-order valence-corrected chi connectivity index (χ0v) is 13.5. The van der Waals surface area contributed by atoms with Crippen LogP contribution < -0.4 is 10.6 Å². The van der Waals surface area contributed by atoms with Crippen LogP contribution in [-0.4, -0.2) is 28.9 Å². The van der Waals surface area contributed by atoms with Crippen molar-refractivity contribution >= 4 is 23.5 Å². The second kappa shape index (κ2) is 6.81. The maximum absolute atomic E-state index is 12.2. The van der Waals surface area contributed by atoms with Gasteiger partial charge in [-0.15, -0.1) is 0 Å². The van der Waals surface area contributed by atoms with Crippen LogP contribution in [0.15, 0.2) is 24.3 Å². The fourth-order valence-electron chi connectivity index (χ4n) is 2.40. The third-order valence-corrected chi connectivity index (χ3v) is 4.06. The molecule has 1 aromatic rings. The van der Waals surface area contributed by atoms with Gasteiger partial charge in [0, 0.05) is 17.2 Å². The average Bonchev–Trinajstić information content (AvgIpc) is 3.21. The van der Waals surface area contributed by atoms with Crippen LogP contribution in [0, 0.1) is 17.8 Å². The van der Waals surface area contributed by atoms with Crippen molar-refractivity contribution in [2.45, 2.75) is 33.2 Å². The number of aliphatic carboxylic acids is 1. The number of anilines is 1. The summed E-state index contributed by atoms with van der Waals surface area (Å²) in [5, 5.41) is 14.4. The third-order valence-electron chi connectivity index (χ3n) is 4.06. The number of carboxylic acid groups (broad SMARTS) is 1. The Bertz CT molecular complexity index is 627. The Hall–Kier alpha value is -2.37. The molecule has 6 nitrogen and oxygen atoms in total. The molecule has 23 heavy (non-hydrogen) atoms. The highest BCUT2D eigenvalue weighted by atomic mass is 16.4. The van der Waals surface area contributed by atoms with Gasteiger partial charge in [0.25, 0.3) is 5.91 Å². The van der Waals surface area contributed by atoms with E-state index in [-0.39, 0.29) is 17.7 Å². The van der Waals surface area contributed by atoms with Crippen molar-refractivity contribution in [1.82, 2.24) is 5.32 Å². The molecule has 0 saturated heterocycles. The van der Waals surface area contributed by atoms with Crippen LogP contribution in [0.5, 0.6) is 0 Å². The Kier molecular flexibility index (Phi) is 5.03. The number of carboxylic acids is 1. The third kappa shape index (κ3) is 4.31. The van der Waals surface area contributed by atoms with Crippen LogP contribution in [0.3, 0.4) is 0 Å². The summed E-state index contributed by atoms with van der Waals surface area (Å²) in [6.07, 6.45) is 0.890. The van der Waals surface area contributed by atoms with Crippen LogP contribution >= 0.6 is 0 Å². The molecule has 1 aliphatic carbocycles. The van der Waals surface area contributed by atoms with E-state index in [1.165, 1.54) is 0 Å². The predicted molar refractivity (Wildman–Crippen MR) is 86.1 cm³/mol. The molecule has 2 amide bonds. The van der Waals surface area contributed by atoms with Crippen LogP contribution in [0.2, 0.25) is 0 Å². The van der Waals surface area contributed by atoms with Gasteiger partial charge in [0.2, 0.25) is 5.91 Å². The molecule has 0 heterocycles. The highest BCUT2D eigenvalue weighted by Crippen LogP contribution is 2.38. The highest BCUT2D eigenvalue weighted by Gasteiger charge is 2.39. The lowest BCUT2D eigenvalue weighted by atomic mass is 10.0. The molecule has 1 fully saturated rings. The van der Waals surface area contributed by atoms with Crippen LogP contribution in [0.25, 0.3) is 0 Å². The maximum Gasteiger partial charge on any atom is 0.326 e. The van der Waals surface area contributed by atoms with Gasteiger partial charge in [-0.3, -0.25) is 9.59 Å². The van der Waals surface area contributed by atoms with Gasteiger partial charge in [-0.2, -0.15) is 0 Å². The van der Waals surface area contributed by atoms with Crippen molar-refractivity contribution in [1.29, 1.82) is 0 Å². The number of nitrogens with one attached hydrogen (secondary N) is 2. The predicted octanol–water partition coefficient (Wildman–Crippen LogP) is 2.12. The minimum atomic E-state index is -1.07. The zero-order chi connectivity index (χ0) is 17.1. The molecule has 0 radical (unpaired) electrons. The minimum absolute atomic E-state index is 0.0411. The second-order valence-electron chi connectivity index (χ2n) is 6.42. The first-order chi connectivity index (χ1) is 10.8. The lowest BCUT2D eigenvalue weighted by molar-refractivity contribution is -0.140. The molecule has 1 aromatic carbocycles. The topological polar surface area (TPSA) is 95.5 Å². The molecule has 0 bridgehead atoms. The zero-order valence-electron chi connectivity index (χ0n) is 13.5. The van der Waals surface area contributed by atoms with Crippen LogP contribution in [0.1, 0.15) is 37.6 Å². The molecule has 2 rings (SSSR count). The maximum atomic E-state index is 12.2. The molecular formula is C17H22N2O4. The Labute approximate surface area is 135 Å². The summed E-state index contributed by atoms with van der Waals surface area (Å²) in [6.45, 7) is 5.48. The number of hydrogen-bond donors (Lipinski definition) is 3. The number of rotatable bonds is 6. The smallest absolute Gasteiger partial charge is 0.326 e. The van der Waals surface area contributed by atoms with E-state index in [1.807, 2.05) is 6.92 Å². The highest BCUT2D eigenvalue weighted by molar-refractivity contribution is 5.99. The van der Waals surface area contributed by atoms with Crippen molar-refractivity contribution in [3.63, 3.8) is 0 Å². The monoisotopic (exact) mass is 318 g/mol. The number of carbonyl (C=O) groups is 3. The van der Waals surface area contributed by atoms with Gasteiger partial charge in [0.05, 0.1) is 0 Å². The minimum Gasteiger partial charge on any atom is -0.480 e. The second-order valence-corrected chi connectivity index (χ2v) is 6.42. The van der Waals surface area contributed by atoms with Gasteiger partial charge in [-0.05, 0) is 36.5 Å². The molecular weight excluding hydrogens is 296 g/mol. The molecule has 6 heteroatoms. The molecule has 0 aromatic heterocycles. The summed E-state index contributed by atoms with van der Waals surface area (Å²) < 4.78 is 0. The van der Waals surface area contributed by atoms with Gasteiger partial charge in [-0.1, -0.05) is 26.8 Å². The molecule has 3 atom stereocenters. The van der Waals surface area contributed by atoms with E-state index < -0.39 is 17.9 Å².